The fraction of sp³-hybridized carbons (Fsp3) is 0.583. The van der Waals surface area contributed by atoms with Crippen molar-refractivity contribution in [3.63, 3.8) is 0 Å². The summed E-state index contributed by atoms with van der Waals surface area (Å²) in [6.45, 7) is 1.65. The van der Waals surface area contributed by atoms with Gasteiger partial charge in [-0.2, -0.15) is 4.98 Å². The minimum Gasteiger partial charge on any atom is -0.550 e. The molecule has 124 valence electrons. The number of aliphatic hydroxyl groups is 1. The molecule has 2 rings (SSSR count). The number of carbonyl (C=O) groups is 1. The number of hydrogen-bond acceptors (Lipinski definition) is 8. The molecule has 0 radical (unpaired) electrons. The molecule has 1 aromatic heterocycles. The van der Waals surface area contributed by atoms with E-state index >= 15 is 0 Å². The number of aliphatic carboxylic acids is 1. The number of anilines is 1. The van der Waals surface area contributed by atoms with Crippen LogP contribution in [-0.4, -0.2) is 38.4 Å². The molecule has 1 aliphatic rings. The lowest BCUT2D eigenvalue weighted by molar-refractivity contribution is -0.305. The second-order valence-electron chi connectivity index (χ2n) is 4.32. The summed E-state index contributed by atoms with van der Waals surface area (Å²) in [5, 5.41) is 18.3. The molecule has 1 aliphatic heterocycles. The van der Waals surface area contributed by atoms with E-state index in [1.165, 1.54) is 11.8 Å². The maximum absolute atomic E-state index is 13.1. The Morgan fingerprint density at radius 1 is 1.73 bits per heavy atom. The first-order valence-electron chi connectivity index (χ1n) is 6.51. The van der Waals surface area contributed by atoms with Crippen molar-refractivity contribution < 1.29 is 24.1 Å². The lowest BCUT2D eigenvalue weighted by Gasteiger charge is -2.13. The fourth-order valence-corrected chi connectivity index (χ4v) is 2.48. The summed E-state index contributed by atoms with van der Waals surface area (Å²) >= 11 is 1.35. The minimum atomic E-state index is -0.961. The highest BCUT2D eigenvalue weighted by Crippen LogP contribution is 2.30. The van der Waals surface area contributed by atoms with E-state index in [9.17, 15) is 19.1 Å². The number of nitrogen functional groups attached to an aromatic ring is 1. The van der Waals surface area contributed by atoms with Crippen LogP contribution in [0.5, 0.6) is 0 Å². The van der Waals surface area contributed by atoms with Gasteiger partial charge in [0.1, 0.15) is 11.7 Å². The Bertz CT molecular complexity index is 568. The lowest BCUT2D eigenvalue weighted by atomic mass is 10.4. The molecular weight excluding hydrogens is 317 g/mol. The Morgan fingerprint density at radius 2 is 2.41 bits per heavy atom. The van der Waals surface area contributed by atoms with Gasteiger partial charge in [0.15, 0.2) is 11.6 Å². The van der Waals surface area contributed by atoms with Crippen LogP contribution in [0.1, 0.15) is 26.0 Å². The minimum absolute atomic E-state index is 0.152. The Morgan fingerprint density at radius 3 is 2.86 bits per heavy atom. The van der Waals surface area contributed by atoms with Crippen molar-refractivity contribution in [2.45, 2.75) is 31.4 Å². The zero-order chi connectivity index (χ0) is 16.7. The second kappa shape index (κ2) is 8.71. The van der Waals surface area contributed by atoms with Crippen molar-refractivity contribution in [1.29, 1.82) is 0 Å². The predicted octanol–water partition coefficient (Wildman–Crippen LogP) is -0.919. The summed E-state index contributed by atoms with van der Waals surface area (Å²) in [6.07, 6.45) is 1.20. The molecule has 1 saturated heterocycles. The van der Waals surface area contributed by atoms with Crippen LogP contribution in [0, 0.1) is 5.82 Å². The summed E-state index contributed by atoms with van der Waals surface area (Å²) < 4.78 is 19.5. The van der Waals surface area contributed by atoms with Crippen LogP contribution in [0.3, 0.4) is 0 Å². The van der Waals surface area contributed by atoms with Gasteiger partial charge >= 0.3 is 5.69 Å². The van der Waals surface area contributed by atoms with Crippen molar-refractivity contribution in [3.8, 4) is 0 Å². The first kappa shape index (κ1) is 18.4. The molecular formula is C12H17FN3O5S-. The van der Waals surface area contributed by atoms with Gasteiger partial charge < -0.3 is 25.5 Å². The third-order valence-electron chi connectivity index (χ3n) is 2.58. The molecule has 0 spiro atoms. The van der Waals surface area contributed by atoms with E-state index < -0.39 is 35.0 Å². The maximum Gasteiger partial charge on any atom is 0.351 e. The quantitative estimate of drug-likeness (QED) is 0.723. The van der Waals surface area contributed by atoms with Gasteiger partial charge in [0.2, 0.25) is 0 Å². The monoisotopic (exact) mass is 334 g/mol. The number of carboxylic acid groups (broad SMARTS) is 1. The smallest absolute Gasteiger partial charge is 0.351 e. The van der Waals surface area contributed by atoms with E-state index in [1.54, 1.807) is 6.92 Å². The summed E-state index contributed by atoms with van der Waals surface area (Å²) in [7, 11) is 0. The molecule has 0 unspecified atom stereocenters. The summed E-state index contributed by atoms with van der Waals surface area (Å²) in [4.78, 5) is 24.2. The standard InChI is InChI=1S/C8H10FN3O3S.C4H8O2/c9-4-1-12(8(14)11-7(4)10)5-3-16-6(2-13)15-5;1-2-3-4(5)6/h1,5-6,13H,2-3H2,(H2,10,11,14);2-3H2,1H3,(H,5,6)/p-1/t5-,6+;/m0./s1. The number of nitrogens with two attached hydrogens (primary N) is 1. The molecule has 0 bridgehead atoms. The molecule has 8 nitrogen and oxygen atoms in total. The van der Waals surface area contributed by atoms with Crippen molar-refractivity contribution in [2.24, 2.45) is 0 Å². The highest BCUT2D eigenvalue weighted by atomic mass is 32.2. The fourth-order valence-electron chi connectivity index (χ4n) is 1.55. The van der Waals surface area contributed by atoms with Gasteiger partial charge in [-0.25, -0.2) is 9.18 Å². The summed E-state index contributed by atoms with van der Waals surface area (Å²) in [6, 6.07) is 0. The SMILES string of the molecule is CCCC(=O)[O-].Nc1nc(=O)n([C@@H]2CS[C@H](CO)O2)cc1F. The van der Waals surface area contributed by atoms with Crippen LogP contribution in [0.4, 0.5) is 10.2 Å². The molecule has 0 amide bonds. The van der Waals surface area contributed by atoms with Gasteiger partial charge in [0.05, 0.1) is 12.8 Å². The number of nitrogens with zero attached hydrogens (tertiary/aromatic N) is 2. The zero-order valence-corrected chi connectivity index (χ0v) is 12.7. The van der Waals surface area contributed by atoms with Crippen LogP contribution in [-0.2, 0) is 9.53 Å². The van der Waals surface area contributed by atoms with Gasteiger partial charge in [0, 0.05) is 11.7 Å². The van der Waals surface area contributed by atoms with Gasteiger partial charge in [-0.05, 0) is 6.42 Å². The number of hydrogen-bond donors (Lipinski definition) is 2. The molecule has 10 heteroatoms. The molecule has 1 fully saturated rings. The predicted molar refractivity (Wildman–Crippen MR) is 76.2 cm³/mol. The van der Waals surface area contributed by atoms with Crippen molar-refractivity contribution in [3.05, 3.63) is 22.5 Å². The number of thioether (sulfide) groups is 1. The average molecular weight is 334 g/mol. The van der Waals surface area contributed by atoms with Gasteiger partial charge in [-0.3, -0.25) is 4.57 Å². The Hall–Kier alpha value is -1.65. The van der Waals surface area contributed by atoms with Crippen molar-refractivity contribution >= 4 is 23.5 Å². The van der Waals surface area contributed by atoms with Gasteiger partial charge in [0.25, 0.3) is 0 Å². The Kier molecular flexibility index (Phi) is 7.28. The average Bonchev–Trinajstić information content (AvgIpc) is 2.92. The third-order valence-corrected chi connectivity index (χ3v) is 3.69. The third kappa shape index (κ3) is 5.28. The summed E-state index contributed by atoms with van der Waals surface area (Å²) in [5.74, 6) is -1.69. The highest BCUT2D eigenvalue weighted by Gasteiger charge is 2.27. The molecule has 2 heterocycles. The molecule has 0 saturated carbocycles. The first-order valence-corrected chi connectivity index (χ1v) is 7.55. The van der Waals surface area contributed by atoms with E-state index in [0.717, 1.165) is 10.8 Å². The van der Waals surface area contributed by atoms with Crippen LogP contribution in [0.15, 0.2) is 11.0 Å². The molecule has 22 heavy (non-hydrogen) atoms. The zero-order valence-electron chi connectivity index (χ0n) is 11.9. The van der Waals surface area contributed by atoms with Gasteiger partial charge in [-0.15, -0.1) is 11.8 Å². The van der Waals surface area contributed by atoms with E-state index in [0.29, 0.717) is 12.2 Å². The van der Waals surface area contributed by atoms with E-state index in [2.05, 4.69) is 4.98 Å². The van der Waals surface area contributed by atoms with Crippen LogP contribution in [0.2, 0.25) is 0 Å². The maximum atomic E-state index is 13.1. The second-order valence-corrected chi connectivity index (χ2v) is 5.51. The molecule has 3 N–H and O–H groups in total. The first-order chi connectivity index (χ1) is 10.4. The number of carboxylic acids is 1. The molecule has 1 aromatic rings. The molecule has 0 aromatic carbocycles. The van der Waals surface area contributed by atoms with Gasteiger partial charge in [-0.1, -0.05) is 13.3 Å². The normalized spacial score (nSPS) is 20.3. The van der Waals surface area contributed by atoms with Crippen molar-refractivity contribution in [1.82, 2.24) is 9.55 Å². The molecule has 2 atom stereocenters. The number of rotatable bonds is 4. The number of carbonyl (C=O) groups excluding carboxylic acids is 1. The van der Waals surface area contributed by atoms with E-state index in [4.69, 9.17) is 15.6 Å². The highest BCUT2D eigenvalue weighted by molar-refractivity contribution is 8.00. The van der Waals surface area contributed by atoms with Crippen LogP contribution < -0.4 is 16.5 Å². The summed E-state index contributed by atoms with van der Waals surface area (Å²) in [5.41, 5.74) is 4.10. The molecule has 0 aliphatic carbocycles. The number of aromatic nitrogens is 2. The van der Waals surface area contributed by atoms with E-state index in [1.807, 2.05) is 0 Å². The Labute approximate surface area is 130 Å². The lowest BCUT2D eigenvalue weighted by Crippen LogP contribution is -2.29. The Balaban J connectivity index is 0.000000346. The number of ether oxygens (including phenoxy) is 1. The van der Waals surface area contributed by atoms with Crippen LogP contribution in [0.25, 0.3) is 0 Å². The number of aliphatic hydroxyl groups excluding tert-OH is 1. The number of halogens is 1. The van der Waals surface area contributed by atoms with E-state index in [-0.39, 0.29) is 13.0 Å². The largest absolute Gasteiger partial charge is 0.550 e. The van der Waals surface area contributed by atoms with Crippen molar-refractivity contribution in [2.75, 3.05) is 18.1 Å². The van der Waals surface area contributed by atoms with Crippen LogP contribution >= 0.6 is 11.8 Å². The topological polar surface area (TPSA) is 130 Å².